The molecule has 0 saturated heterocycles. The lowest BCUT2D eigenvalue weighted by atomic mass is 10.2. The van der Waals surface area contributed by atoms with E-state index in [1.165, 1.54) is 0 Å². The van der Waals surface area contributed by atoms with Crippen molar-refractivity contribution in [1.29, 1.82) is 0 Å². The summed E-state index contributed by atoms with van der Waals surface area (Å²) in [4.78, 5) is 15.5. The second kappa shape index (κ2) is 5.53. The molecule has 0 bridgehead atoms. The normalized spacial score (nSPS) is 10.7. The van der Waals surface area contributed by atoms with E-state index in [2.05, 4.69) is 14.9 Å². The van der Waals surface area contributed by atoms with Crippen molar-refractivity contribution in [3.8, 4) is 0 Å². The number of amides is 1. The number of aromatic nitrogens is 2. The second-order valence-electron chi connectivity index (χ2n) is 3.99. The highest BCUT2D eigenvalue weighted by Crippen LogP contribution is 1.99. The fourth-order valence-electron chi connectivity index (χ4n) is 1.44. The molecular weight excluding hydrogens is 190 g/mol. The molecule has 0 fully saturated rings. The van der Waals surface area contributed by atoms with Gasteiger partial charge in [0.1, 0.15) is 5.82 Å². The molecule has 0 atom stereocenters. The fraction of sp³-hybridized carbons (Fsp3) is 0.636. The Bertz CT molecular complexity index is 317. The summed E-state index contributed by atoms with van der Waals surface area (Å²) in [6, 6.07) is 0.229. The zero-order valence-corrected chi connectivity index (χ0v) is 9.66. The highest BCUT2D eigenvalue weighted by Gasteiger charge is 2.03. The third-order valence-corrected chi connectivity index (χ3v) is 2.18. The predicted molar refractivity (Wildman–Crippen MR) is 59.5 cm³/mol. The van der Waals surface area contributed by atoms with Crippen molar-refractivity contribution in [3.63, 3.8) is 0 Å². The molecule has 1 amide bonds. The Morgan fingerprint density at radius 1 is 1.60 bits per heavy atom. The summed E-state index contributed by atoms with van der Waals surface area (Å²) in [6.45, 7) is 6.77. The van der Waals surface area contributed by atoms with Crippen LogP contribution >= 0.6 is 0 Å². The van der Waals surface area contributed by atoms with Gasteiger partial charge >= 0.3 is 0 Å². The van der Waals surface area contributed by atoms with E-state index in [0.29, 0.717) is 6.42 Å². The van der Waals surface area contributed by atoms with E-state index in [-0.39, 0.29) is 11.9 Å². The van der Waals surface area contributed by atoms with Crippen molar-refractivity contribution in [1.82, 2.24) is 14.9 Å². The number of carbonyl (C=O) groups is 1. The zero-order chi connectivity index (χ0) is 11.3. The molecule has 1 heterocycles. The molecule has 0 radical (unpaired) electrons. The van der Waals surface area contributed by atoms with Crippen molar-refractivity contribution >= 4 is 5.91 Å². The third kappa shape index (κ3) is 4.14. The summed E-state index contributed by atoms with van der Waals surface area (Å²) in [7, 11) is 0. The van der Waals surface area contributed by atoms with Gasteiger partial charge in [-0.2, -0.15) is 0 Å². The molecular formula is C11H19N3O. The van der Waals surface area contributed by atoms with Gasteiger partial charge in [0.15, 0.2) is 0 Å². The summed E-state index contributed by atoms with van der Waals surface area (Å²) in [5, 5.41) is 2.87. The van der Waals surface area contributed by atoms with Crippen LogP contribution in [-0.2, 0) is 11.3 Å². The molecule has 84 valence electrons. The molecule has 0 aromatic carbocycles. The minimum atomic E-state index is 0.128. The predicted octanol–water partition coefficient (Wildman–Crippen LogP) is 1.50. The van der Waals surface area contributed by atoms with Crippen LogP contribution < -0.4 is 5.32 Å². The van der Waals surface area contributed by atoms with Crippen molar-refractivity contribution in [3.05, 3.63) is 18.2 Å². The van der Waals surface area contributed by atoms with Crippen LogP contribution in [0.3, 0.4) is 0 Å². The summed E-state index contributed by atoms with van der Waals surface area (Å²) in [5.74, 6) is 1.13. The smallest absolute Gasteiger partial charge is 0.220 e. The van der Waals surface area contributed by atoms with Crippen LogP contribution in [0, 0.1) is 6.92 Å². The van der Waals surface area contributed by atoms with E-state index in [0.717, 1.165) is 18.8 Å². The number of nitrogens with zero attached hydrogens (tertiary/aromatic N) is 2. The van der Waals surface area contributed by atoms with Gasteiger partial charge in [-0.3, -0.25) is 4.79 Å². The van der Waals surface area contributed by atoms with Crippen molar-refractivity contribution in [2.75, 3.05) is 0 Å². The number of hydrogen-bond acceptors (Lipinski definition) is 2. The third-order valence-electron chi connectivity index (χ3n) is 2.18. The van der Waals surface area contributed by atoms with E-state index in [4.69, 9.17) is 0 Å². The van der Waals surface area contributed by atoms with Gasteiger partial charge in [-0.25, -0.2) is 4.98 Å². The van der Waals surface area contributed by atoms with Crippen LogP contribution in [0.1, 0.15) is 32.5 Å². The molecule has 0 unspecified atom stereocenters. The van der Waals surface area contributed by atoms with Gasteiger partial charge in [-0.1, -0.05) is 0 Å². The zero-order valence-electron chi connectivity index (χ0n) is 9.66. The summed E-state index contributed by atoms with van der Waals surface area (Å²) < 4.78 is 2.06. The van der Waals surface area contributed by atoms with Gasteiger partial charge in [0, 0.05) is 31.4 Å². The standard InChI is InChI=1S/C11H19N3O/c1-9(2)13-11(15)5-4-7-14-8-6-12-10(14)3/h6,8-9H,4-5,7H2,1-3H3,(H,13,15). The summed E-state index contributed by atoms with van der Waals surface area (Å²) in [6.07, 6.45) is 5.16. The van der Waals surface area contributed by atoms with Crippen LogP contribution in [0.5, 0.6) is 0 Å². The van der Waals surface area contributed by atoms with E-state index in [9.17, 15) is 4.79 Å². The second-order valence-corrected chi connectivity index (χ2v) is 3.99. The van der Waals surface area contributed by atoms with E-state index in [1.54, 1.807) is 6.20 Å². The van der Waals surface area contributed by atoms with Gasteiger partial charge in [0.2, 0.25) is 5.91 Å². The Balaban J connectivity index is 2.22. The largest absolute Gasteiger partial charge is 0.354 e. The van der Waals surface area contributed by atoms with Gasteiger partial charge < -0.3 is 9.88 Å². The highest BCUT2D eigenvalue weighted by molar-refractivity contribution is 5.76. The van der Waals surface area contributed by atoms with Crippen LogP contribution in [0.15, 0.2) is 12.4 Å². The van der Waals surface area contributed by atoms with Crippen LogP contribution in [0.4, 0.5) is 0 Å². The molecule has 15 heavy (non-hydrogen) atoms. The number of nitrogens with one attached hydrogen (secondary N) is 1. The number of imidazole rings is 1. The Labute approximate surface area is 90.7 Å². The lowest BCUT2D eigenvalue weighted by molar-refractivity contribution is -0.121. The number of rotatable bonds is 5. The average Bonchev–Trinajstić information content (AvgIpc) is 2.50. The summed E-state index contributed by atoms with van der Waals surface area (Å²) in [5.41, 5.74) is 0. The summed E-state index contributed by atoms with van der Waals surface area (Å²) >= 11 is 0. The molecule has 1 N–H and O–H groups in total. The van der Waals surface area contributed by atoms with Gasteiger partial charge in [0.05, 0.1) is 0 Å². The fourth-order valence-corrected chi connectivity index (χ4v) is 1.44. The van der Waals surface area contributed by atoms with Crippen LogP contribution in [0.25, 0.3) is 0 Å². The molecule has 0 aliphatic rings. The average molecular weight is 209 g/mol. The van der Waals surface area contributed by atoms with Crippen molar-refractivity contribution < 1.29 is 4.79 Å². The molecule has 4 heteroatoms. The molecule has 0 aliphatic carbocycles. The van der Waals surface area contributed by atoms with Crippen LogP contribution in [0.2, 0.25) is 0 Å². The molecule has 4 nitrogen and oxygen atoms in total. The number of hydrogen-bond donors (Lipinski definition) is 1. The molecule has 1 rings (SSSR count). The monoisotopic (exact) mass is 209 g/mol. The Hall–Kier alpha value is -1.32. The molecule has 0 spiro atoms. The number of aryl methyl sites for hydroxylation is 2. The lowest BCUT2D eigenvalue weighted by Crippen LogP contribution is -2.29. The maximum Gasteiger partial charge on any atom is 0.220 e. The van der Waals surface area contributed by atoms with E-state index >= 15 is 0 Å². The maximum absolute atomic E-state index is 11.3. The minimum absolute atomic E-state index is 0.128. The van der Waals surface area contributed by atoms with Crippen LogP contribution in [-0.4, -0.2) is 21.5 Å². The SMILES string of the molecule is Cc1nccn1CCCC(=O)NC(C)C. The molecule has 1 aromatic heterocycles. The molecule has 0 saturated carbocycles. The van der Waals surface area contributed by atoms with Gasteiger partial charge in [-0.05, 0) is 27.2 Å². The maximum atomic E-state index is 11.3. The molecule has 1 aromatic rings. The Morgan fingerprint density at radius 3 is 2.87 bits per heavy atom. The van der Waals surface area contributed by atoms with Gasteiger partial charge in [-0.15, -0.1) is 0 Å². The first-order valence-corrected chi connectivity index (χ1v) is 5.36. The minimum Gasteiger partial charge on any atom is -0.354 e. The highest BCUT2D eigenvalue weighted by atomic mass is 16.1. The molecule has 0 aliphatic heterocycles. The lowest BCUT2D eigenvalue weighted by Gasteiger charge is -2.08. The number of carbonyl (C=O) groups excluding carboxylic acids is 1. The first-order chi connectivity index (χ1) is 7.09. The Kier molecular flexibility index (Phi) is 4.34. The first kappa shape index (κ1) is 11.8. The quantitative estimate of drug-likeness (QED) is 0.798. The van der Waals surface area contributed by atoms with Crippen molar-refractivity contribution in [2.45, 2.75) is 46.2 Å². The van der Waals surface area contributed by atoms with Crippen molar-refractivity contribution in [2.24, 2.45) is 0 Å². The Morgan fingerprint density at radius 2 is 2.33 bits per heavy atom. The topological polar surface area (TPSA) is 46.9 Å². The van der Waals surface area contributed by atoms with E-state index in [1.807, 2.05) is 27.0 Å². The van der Waals surface area contributed by atoms with Gasteiger partial charge in [0.25, 0.3) is 0 Å². The first-order valence-electron chi connectivity index (χ1n) is 5.36. The van der Waals surface area contributed by atoms with E-state index < -0.39 is 0 Å².